The van der Waals surface area contributed by atoms with Crippen LogP contribution in [-0.4, -0.2) is 46.4 Å². The summed E-state index contributed by atoms with van der Waals surface area (Å²) in [6.07, 6.45) is 6.97. The number of benzene rings is 2. The number of carbonyl (C=O) groups excluding carboxylic acids is 1. The molecule has 1 aromatic heterocycles. The molecule has 1 aliphatic heterocycles. The van der Waals surface area contributed by atoms with Crippen molar-refractivity contribution in [2.45, 2.75) is 38.3 Å². The van der Waals surface area contributed by atoms with Gasteiger partial charge in [0.25, 0.3) is 0 Å². The molecule has 6 heteroatoms. The quantitative estimate of drug-likeness (QED) is 0.415. The van der Waals surface area contributed by atoms with Crippen LogP contribution < -0.4 is 0 Å². The average molecular weight is 482 g/mol. The molecule has 4 rings (SSSR count). The van der Waals surface area contributed by atoms with E-state index in [2.05, 4.69) is 26.9 Å². The Hall–Kier alpha value is -2.40. The lowest BCUT2D eigenvalue weighted by atomic mass is 10.0. The second-order valence-electron chi connectivity index (χ2n) is 8.64. The number of amides is 1. The highest BCUT2D eigenvalue weighted by atomic mass is 35.5. The van der Waals surface area contributed by atoms with Crippen LogP contribution in [0.5, 0.6) is 0 Å². The summed E-state index contributed by atoms with van der Waals surface area (Å²) in [7, 11) is 0. The van der Waals surface area contributed by atoms with Gasteiger partial charge in [-0.05, 0) is 66.3 Å². The number of aromatic nitrogens is 1. The Kier molecular flexibility index (Phi) is 8.38. The molecule has 172 valence electrons. The minimum absolute atomic E-state index is 0.154. The summed E-state index contributed by atoms with van der Waals surface area (Å²) in [5.74, 6) is 0.154. The van der Waals surface area contributed by atoms with Crippen LogP contribution in [0.3, 0.4) is 0 Å². The second-order valence-corrected chi connectivity index (χ2v) is 9.51. The summed E-state index contributed by atoms with van der Waals surface area (Å²) < 4.78 is 0. The molecule has 0 atom stereocenters. The number of likely N-dealkylation sites (tertiary alicyclic amines) is 1. The molecule has 1 fully saturated rings. The van der Waals surface area contributed by atoms with Crippen LogP contribution in [0.4, 0.5) is 0 Å². The Balaban J connectivity index is 1.37. The summed E-state index contributed by atoms with van der Waals surface area (Å²) in [6.45, 7) is 3.61. The molecule has 0 N–H and O–H groups in total. The smallest absolute Gasteiger partial charge is 0.227 e. The van der Waals surface area contributed by atoms with E-state index in [-0.39, 0.29) is 11.9 Å². The van der Waals surface area contributed by atoms with Crippen molar-refractivity contribution in [1.29, 1.82) is 0 Å². The molecule has 1 amide bonds. The maximum absolute atomic E-state index is 13.4. The maximum Gasteiger partial charge on any atom is 0.227 e. The molecule has 0 spiro atoms. The van der Waals surface area contributed by atoms with E-state index in [9.17, 15) is 4.79 Å². The zero-order chi connectivity index (χ0) is 23.0. The number of nitrogens with zero attached hydrogens (tertiary/aromatic N) is 3. The van der Waals surface area contributed by atoms with Crippen molar-refractivity contribution >= 4 is 29.1 Å². The zero-order valence-electron chi connectivity index (χ0n) is 18.7. The molecule has 0 saturated carbocycles. The van der Waals surface area contributed by atoms with E-state index < -0.39 is 0 Å². The van der Waals surface area contributed by atoms with Gasteiger partial charge < -0.3 is 9.80 Å². The van der Waals surface area contributed by atoms with Gasteiger partial charge in [-0.3, -0.25) is 9.78 Å². The topological polar surface area (TPSA) is 36.4 Å². The minimum atomic E-state index is 0.154. The molecule has 2 heterocycles. The fraction of sp³-hybridized carbons (Fsp3) is 0.333. The van der Waals surface area contributed by atoms with Gasteiger partial charge in [0.05, 0.1) is 6.42 Å². The fourth-order valence-corrected chi connectivity index (χ4v) is 4.63. The summed E-state index contributed by atoms with van der Waals surface area (Å²) >= 11 is 12.0. The molecule has 0 unspecified atom stereocenters. The maximum atomic E-state index is 13.4. The first kappa shape index (κ1) is 23.7. The van der Waals surface area contributed by atoms with E-state index in [0.29, 0.717) is 18.0 Å². The van der Waals surface area contributed by atoms with E-state index in [4.69, 9.17) is 23.2 Å². The van der Waals surface area contributed by atoms with Gasteiger partial charge in [-0.2, -0.15) is 0 Å². The molecule has 1 saturated heterocycles. The molecule has 0 aliphatic carbocycles. The van der Waals surface area contributed by atoms with E-state index in [1.54, 1.807) is 6.20 Å². The van der Waals surface area contributed by atoms with Crippen molar-refractivity contribution in [2.24, 2.45) is 0 Å². The lowest BCUT2D eigenvalue weighted by molar-refractivity contribution is -0.134. The molecule has 1 aliphatic rings. The van der Waals surface area contributed by atoms with E-state index in [1.807, 2.05) is 54.7 Å². The third-order valence-corrected chi connectivity index (χ3v) is 6.80. The van der Waals surface area contributed by atoms with Gasteiger partial charge in [0.1, 0.15) is 0 Å². The number of hydrogen-bond donors (Lipinski definition) is 0. The minimum Gasteiger partial charge on any atom is -0.335 e. The van der Waals surface area contributed by atoms with Crippen LogP contribution >= 0.6 is 23.2 Å². The number of pyridine rings is 1. The van der Waals surface area contributed by atoms with Gasteiger partial charge in [0, 0.05) is 54.7 Å². The zero-order valence-corrected chi connectivity index (χ0v) is 20.2. The Bertz CT molecular complexity index is 1020. The second kappa shape index (κ2) is 11.6. The lowest BCUT2D eigenvalue weighted by Gasteiger charge is -2.39. The largest absolute Gasteiger partial charge is 0.335 e. The van der Waals surface area contributed by atoms with Crippen LogP contribution in [0.1, 0.15) is 29.5 Å². The van der Waals surface area contributed by atoms with Crippen molar-refractivity contribution in [2.75, 3.05) is 19.6 Å². The Morgan fingerprint density at radius 1 is 0.909 bits per heavy atom. The third kappa shape index (κ3) is 7.04. The molecular weight excluding hydrogens is 453 g/mol. The summed E-state index contributed by atoms with van der Waals surface area (Å²) in [5.41, 5.74) is 3.35. The Morgan fingerprint density at radius 3 is 2.15 bits per heavy atom. The first-order valence-corrected chi connectivity index (χ1v) is 12.2. The van der Waals surface area contributed by atoms with Gasteiger partial charge >= 0.3 is 0 Å². The number of rotatable bonds is 8. The number of hydrogen-bond acceptors (Lipinski definition) is 3. The molecular formula is C27H29Cl2N3O. The van der Waals surface area contributed by atoms with Crippen LogP contribution in [0, 0.1) is 0 Å². The van der Waals surface area contributed by atoms with Gasteiger partial charge in [0.15, 0.2) is 0 Å². The van der Waals surface area contributed by atoms with E-state index >= 15 is 0 Å². The van der Waals surface area contributed by atoms with Crippen molar-refractivity contribution in [1.82, 2.24) is 14.8 Å². The van der Waals surface area contributed by atoms with Crippen LogP contribution in [0.15, 0.2) is 73.1 Å². The summed E-state index contributed by atoms with van der Waals surface area (Å²) in [4.78, 5) is 22.2. The van der Waals surface area contributed by atoms with Crippen LogP contribution in [-0.2, 0) is 24.2 Å². The number of piperidine rings is 1. The van der Waals surface area contributed by atoms with Gasteiger partial charge in [0.2, 0.25) is 5.91 Å². The first-order valence-electron chi connectivity index (χ1n) is 11.5. The predicted octanol–water partition coefficient (Wildman–Crippen LogP) is 5.67. The first-order chi connectivity index (χ1) is 16.1. The standard InChI is InChI=1S/C27H29Cl2N3O/c28-24-7-3-21(4-8-24)11-15-31-16-12-26(13-17-31)32(20-23-2-1-14-30-19-23)27(33)18-22-5-9-25(29)10-6-22/h1-10,14,19,26H,11-13,15-18,20H2. The molecule has 4 nitrogen and oxygen atoms in total. The van der Waals surface area contributed by atoms with Crippen LogP contribution in [0.25, 0.3) is 0 Å². The van der Waals surface area contributed by atoms with E-state index in [0.717, 1.165) is 55.0 Å². The highest BCUT2D eigenvalue weighted by molar-refractivity contribution is 6.30. The SMILES string of the molecule is O=C(Cc1ccc(Cl)cc1)N(Cc1cccnc1)C1CCN(CCc2ccc(Cl)cc2)CC1. The van der Waals surface area contributed by atoms with E-state index in [1.165, 1.54) is 5.56 Å². The normalized spacial score (nSPS) is 14.8. The molecule has 33 heavy (non-hydrogen) atoms. The third-order valence-electron chi connectivity index (χ3n) is 6.29. The molecule has 0 bridgehead atoms. The molecule has 0 radical (unpaired) electrons. The van der Waals surface area contributed by atoms with Crippen molar-refractivity contribution in [3.63, 3.8) is 0 Å². The Morgan fingerprint density at radius 2 is 1.55 bits per heavy atom. The van der Waals surface area contributed by atoms with Gasteiger partial charge in [-0.1, -0.05) is 53.5 Å². The monoisotopic (exact) mass is 481 g/mol. The number of carbonyl (C=O) groups is 1. The highest BCUT2D eigenvalue weighted by Gasteiger charge is 2.28. The number of halogens is 2. The van der Waals surface area contributed by atoms with Gasteiger partial charge in [-0.15, -0.1) is 0 Å². The fourth-order valence-electron chi connectivity index (χ4n) is 4.38. The lowest BCUT2D eigenvalue weighted by Crippen LogP contribution is -2.47. The Labute approximate surface area is 206 Å². The highest BCUT2D eigenvalue weighted by Crippen LogP contribution is 2.21. The molecule has 2 aromatic carbocycles. The van der Waals surface area contributed by atoms with Gasteiger partial charge in [-0.25, -0.2) is 0 Å². The molecule has 3 aromatic rings. The van der Waals surface area contributed by atoms with Crippen LogP contribution in [0.2, 0.25) is 10.0 Å². The average Bonchev–Trinajstić information content (AvgIpc) is 2.85. The summed E-state index contributed by atoms with van der Waals surface area (Å²) in [6, 6.07) is 19.8. The van der Waals surface area contributed by atoms with Crippen molar-refractivity contribution in [3.8, 4) is 0 Å². The predicted molar refractivity (Wildman–Crippen MR) is 135 cm³/mol. The van der Waals surface area contributed by atoms with Crippen molar-refractivity contribution < 1.29 is 4.79 Å². The van der Waals surface area contributed by atoms with Crippen molar-refractivity contribution in [3.05, 3.63) is 99.8 Å². The summed E-state index contributed by atoms with van der Waals surface area (Å²) in [5, 5.41) is 1.46.